The van der Waals surface area contributed by atoms with Gasteiger partial charge in [-0.3, -0.25) is 4.21 Å². The molecule has 4 aromatic rings. The molecule has 210 valence electrons. The maximum atomic E-state index is 15.5. The molecule has 0 radical (unpaired) electrons. The summed E-state index contributed by atoms with van der Waals surface area (Å²) in [6.07, 6.45) is -0.722. The van der Waals surface area contributed by atoms with Crippen LogP contribution in [0.2, 0.25) is 0 Å². The van der Waals surface area contributed by atoms with Crippen LogP contribution in [0.5, 0.6) is 0 Å². The Labute approximate surface area is 230 Å². The van der Waals surface area contributed by atoms with E-state index in [1.54, 1.807) is 12.1 Å². The first-order valence-electron chi connectivity index (χ1n) is 12.4. The van der Waals surface area contributed by atoms with E-state index < -0.39 is 29.1 Å². The number of nitrogens with zero attached hydrogens (tertiary/aromatic N) is 5. The molecule has 40 heavy (non-hydrogen) atoms. The molecule has 0 spiro atoms. The number of hydrogen-bond acceptors (Lipinski definition) is 9. The molecule has 5 rings (SSSR count). The van der Waals surface area contributed by atoms with Crippen LogP contribution in [0.4, 0.5) is 24.8 Å². The van der Waals surface area contributed by atoms with E-state index in [1.807, 2.05) is 11.8 Å². The van der Waals surface area contributed by atoms with Gasteiger partial charge in [-0.2, -0.15) is 0 Å². The number of anilines is 2. The Morgan fingerprint density at radius 2 is 2.05 bits per heavy atom. The number of ether oxygens (including phenoxy) is 1. The molecule has 1 fully saturated rings. The number of rotatable bonds is 8. The van der Waals surface area contributed by atoms with Crippen LogP contribution in [0.3, 0.4) is 0 Å². The topological polar surface area (TPSA) is 142 Å². The second kappa shape index (κ2) is 11.8. The first-order chi connectivity index (χ1) is 19.2. The average molecular weight is 573 g/mol. The van der Waals surface area contributed by atoms with Gasteiger partial charge in [0, 0.05) is 47.7 Å². The molecule has 3 N–H and O–H groups in total. The van der Waals surface area contributed by atoms with E-state index in [-0.39, 0.29) is 53.0 Å². The van der Waals surface area contributed by atoms with Gasteiger partial charge >= 0.3 is 0 Å². The lowest BCUT2D eigenvalue weighted by molar-refractivity contribution is 0.0987. The maximum Gasteiger partial charge on any atom is 0.166 e. The third-order valence-corrected chi connectivity index (χ3v) is 6.98. The van der Waals surface area contributed by atoms with Crippen molar-refractivity contribution in [2.75, 3.05) is 36.9 Å². The molecule has 3 aromatic heterocycles. The number of benzene rings is 1. The summed E-state index contributed by atoms with van der Waals surface area (Å²) in [5.74, 6) is -0.924. The summed E-state index contributed by atoms with van der Waals surface area (Å²) in [6.45, 7) is 3.12. The zero-order valence-electron chi connectivity index (χ0n) is 21.3. The maximum absolute atomic E-state index is 15.5. The van der Waals surface area contributed by atoms with E-state index in [9.17, 15) is 17.5 Å². The van der Waals surface area contributed by atoms with E-state index >= 15 is 4.39 Å². The largest absolute Gasteiger partial charge is 0.760 e. The number of nitrogens with one attached hydrogen (secondary N) is 1. The Morgan fingerprint density at radius 1 is 1.23 bits per heavy atom. The Bertz CT molecular complexity index is 1580. The molecule has 0 aliphatic carbocycles. The number of pyridine rings is 2. The first-order valence-corrected chi connectivity index (χ1v) is 13.5. The smallest absolute Gasteiger partial charge is 0.166 e. The molecule has 3 unspecified atom stereocenters. The molecule has 3 atom stereocenters. The van der Waals surface area contributed by atoms with Crippen molar-refractivity contribution >= 4 is 33.9 Å². The van der Waals surface area contributed by atoms with Crippen molar-refractivity contribution < 1.29 is 26.7 Å². The summed E-state index contributed by atoms with van der Waals surface area (Å²) in [5.41, 5.74) is 6.46. The molecule has 4 heterocycles. The molecule has 10 nitrogen and oxygen atoms in total. The van der Waals surface area contributed by atoms with E-state index in [1.165, 1.54) is 24.4 Å². The van der Waals surface area contributed by atoms with E-state index in [2.05, 4.69) is 24.7 Å². The van der Waals surface area contributed by atoms with Gasteiger partial charge in [0.2, 0.25) is 0 Å². The number of nitrogen functional groups attached to an aromatic ring is 1. The highest BCUT2D eigenvalue weighted by molar-refractivity contribution is 7.77. The number of hydrogen-bond donors (Lipinski definition) is 2. The number of nitrogens with two attached hydrogens (primary N) is 1. The number of halogens is 3. The quantitative estimate of drug-likeness (QED) is 0.303. The highest BCUT2D eigenvalue weighted by atomic mass is 32.2. The minimum atomic E-state index is -2.54. The SMILES string of the molecule is CC1COCCN1c1nc(-c2cnc(N)cc2F)nc2ccc(-c3cccc(C(F)CCNS(=O)[O-])c3F)nc12. The second-order valence-electron chi connectivity index (χ2n) is 9.24. The van der Waals surface area contributed by atoms with E-state index in [4.69, 9.17) is 10.5 Å². The van der Waals surface area contributed by atoms with Crippen LogP contribution in [0.25, 0.3) is 33.7 Å². The molecule has 1 aliphatic heterocycles. The number of alkyl halides is 1. The monoisotopic (exact) mass is 572 g/mol. The van der Waals surface area contributed by atoms with Gasteiger partial charge in [0.15, 0.2) is 11.6 Å². The van der Waals surface area contributed by atoms with E-state index in [0.717, 1.165) is 6.07 Å². The number of morpholine rings is 1. The van der Waals surface area contributed by atoms with Gasteiger partial charge in [0.25, 0.3) is 0 Å². The third kappa shape index (κ3) is 5.75. The Kier molecular flexibility index (Phi) is 8.21. The molecular weight excluding hydrogens is 547 g/mol. The molecular formula is C26H25F3N7O3S-. The fraction of sp³-hybridized carbons (Fsp3) is 0.308. The predicted octanol–water partition coefficient (Wildman–Crippen LogP) is 3.62. The van der Waals surface area contributed by atoms with Gasteiger partial charge in [-0.25, -0.2) is 37.8 Å². The van der Waals surface area contributed by atoms with Crippen LogP contribution in [0, 0.1) is 11.6 Å². The van der Waals surface area contributed by atoms with Gasteiger partial charge in [-0.15, -0.1) is 0 Å². The van der Waals surface area contributed by atoms with Crippen molar-refractivity contribution in [1.82, 2.24) is 24.7 Å². The summed E-state index contributed by atoms with van der Waals surface area (Å²) in [7, 11) is 0. The zero-order valence-corrected chi connectivity index (χ0v) is 22.1. The summed E-state index contributed by atoms with van der Waals surface area (Å²) < 4.78 is 74.1. The molecule has 0 amide bonds. The van der Waals surface area contributed by atoms with Gasteiger partial charge < -0.3 is 19.9 Å². The molecule has 0 bridgehead atoms. The van der Waals surface area contributed by atoms with Gasteiger partial charge in [0.1, 0.15) is 29.1 Å². The number of aromatic nitrogens is 4. The summed E-state index contributed by atoms with van der Waals surface area (Å²) in [5, 5.41) is 0. The Hall–Kier alpha value is -3.72. The van der Waals surface area contributed by atoms with Crippen LogP contribution in [-0.4, -0.2) is 61.0 Å². The lowest BCUT2D eigenvalue weighted by Crippen LogP contribution is -2.44. The van der Waals surface area contributed by atoms with Crippen LogP contribution in [0.1, 0.15) is 25.1 Å². The Balaban J connectivity index is 1.60. The van der Waals surface area contributed by atoms with Crippen molar-refractivity contribution in [2.24, 2.45) is 0 Å². The van der Waals surface area contributed by atoms with Crippen molar-refractivity contribution in [3.05, 3.63) is 59.8 Å². The highest BCUT2D eigenvalue weighted by Crippen LogP contribution is 2.34. The van der Waals surface area contributed by atoms with Crippen LogP contribution < -0.4 is 15.4 Å². The first kappa shape index (κ1) is 27.8. The van der Waals surface area contributed by atoms with Gasteiger partial charge in [-0.05, 0) is 31.5 Å². The predicted molar refractivity (Wildman–Crippen MR) is 143 cm³/mol. The van der Waals surface area contributed by atoms with E-state index in [0.29, 0.717) is 36.6 Å². The van der Waals surface area contributed by atoms with Gasteiger partial charge in [0.05, 0.1) is 36.0 Å². The Morgan fingerprint density at radius 3 is 2.80 bits per heavy atom. The number of fused-ring (bicyclic) bond motifs is 1. The molecule has 0 saturated carbocycles. The average Bonchev–Trinajstić information content (AvgIpc) is 2.92. The fourth-order valence-corrected chi connectivity index (χ4v) is 4.82. The van der Waals surface area contributed by atoms with Gasteiger partial charge in [-0.1, -0.05) is 12.1 Å². The van der Waals surface area contributed by atoms with Crippen LogP contribution in [-0.2, 0) is 16.0 Å². The van der Waals surface area contributed by atoms with Crippen molar-refractivity contribution in [1.29, 1.82) is 0 Å². The summed E-state index contributed by atoms with van der Waals surface area (Å²) in [6, 6.07) is 8.45. The summed E-state index contributed by atoms with van der Waals surface area (Å²) in [4.78, 5) is 19.8. The second-order valence-corrected chi connectivity index (χ2v) is 9.99. The molecule has 1 aromatic carbocycles. The molecule has 1 aliphatic rings. The molecule has 14 heteroatoms. The fourth-order valence-electron chi connectivity index (χ4n) is 4.54. The van der Waals surface area contributed by atoms with Crippen molar-refractivity contribution in [3.63, 3.8) is 0 Å². The minimum absolute atomic E-state index is 0.0202. The lowest BCUT2D eigenvalue weighted by Gasteiger charge is -2.34. The van der Waals surface area contributed by atoms with Crippen LogP contribution in [0.15, 0.2) is 42.6 Å². The van der Waals surface area contributed by atoms with Crippen molar-refractivity contribution in [2.45, 2.75) is 25.6 Å². The van der Waals surface area contributed by atoms with Crippen LogP contribution >= 0.6 is 0 Å². The molecule has 1 saturated heterocycles. The minimum Gasteiger partial charge on any atom is -0.760 e. The zero-order chi connectivity index (χ0) is 28.4. The third-order valence-electron chi connectivity index (χ3n) is 6.54. The normalized spacial score (nSPS) is 17.2. The standard InChI is InChI=1S/C26H26F3N7O3S/c1-14-13-39-10-9-36(14)26-24-21(34-25(35-26)17-12-31-22(30)11-19(17)28)6-5-20(33-24)16-4-2-3-15(23(16)29)18(27)7-8-32-40(37)38/h2-6,11-12,14,18,32H,7-10,13H2,1H3,(H2,30,31)(H,37,38)/p-1. The van der Waals surface area contributed by atoms with Crippen molar-refractivity contribution in [3.8, 4) is 22.6 Å². The summed E-state index contributed by atoms with van der Waals surface area (Å²) >= 11 is -2.54. The highest BCUT2D eigenvalue weighted by Gasteiger charge is 2.26. The lowest BCUT2D eigenvalue weighted by atomic mass is 10.0.